The van der Waals surface area contributed by atoms with E-state index in [4.69, 9.17) is 4.99 Å². The van der Waals surface area contributed by atoms with E-state index in [9.17, 15) is 0 Å². The zero-order chi connectivity index (χ0) is 36.8. The zero-order valence-corrected chi connectivity index (χ0v) is 31.2. The molecule has 262 valence electrons. The Morgan fingerprint density at radius 1 is 0.527 bits per heavy atom. The number of para-hydroxylation sites is 3. The molecule has 0 saturated carbocycles. The van der Waals surface area contributed by atoms with Crippen LogP contribution in [0.15, 0.2) is 175 Å². The van der Waals surface area contributed by atoms with E-state index in [0.717, 1.165) is 34.7 Å². The predicted molar refractivity (Wildman–Crippen MR) is 233 cm³/mol. The summed E-state index contributed by atoms with van der Waals surface area (Å²) in [6, 6.07) is 62.1. The third-order valence-corrected chi connectivity index (χ3v) is 12.1. The van der Waals surface area contributed by atoms with Crippen LogP contribution in [-0.2, 0) is 11.8 Å². The van der Waals surface area contributed by atoms with E-state index in [1.165, 1.54) is 76.7 Å². The highest BCUT2D eigenvalue weighted by Crippen LogP contribution is 2.50. The van der Waals surface area contributed by atoms with Gasteiger partial charge in [-0.2, -0.15) is 0 Å². The number of aromatic nitrogens is 2. The van der Waals surface area contributed by atoms with Crippen molar-refractivity contribution in [2.45, 2.75) is 32.6 Å². The molecular weight excluding hydrogens is 667 g/mol. The molecule has 8 aromatic carbocycles. The van der Waals surface area contributed by atoms with E-state index >= 15 is 0 Å². The van der Waals surface area contributed by atoms with Gasteiger partial charge in [-0.1, -0.05) is 141 Å². The fourth-order valence-electron chi connectivity index (χ4n) is 9.77. The molecule has 0 unspecified atom stereocenters. The quantitative estimate of drug-likeness (QED) is 0.128. The smallest absolute Gasteiger partial charge is 0.111 e. The summed E-state index contributed by atoms with van der Waals surface area (Å²) in [5.74, 6) is 0.943. The molecule has 0 bridgehead atoms. The van der Waals surface area contributed by atoms with Crippen LogP contribution in [-0.4, -0.2) is 15.0 Å². The predicted octanol–water partition coefficient (Wildman–Crippen LogP) is 13.5. The highest BCUT2D eigenvalue weighted by Gasteiger charge is 2.37. The van der Waals surface area contributed by atoms with Crippen LogP contribution in [0.5, 0.6) is 0 Å². The number of aliphatic imine (C=N–C) groups is 1. The molecule has 0 spiro atoms. The van der Waals surface area contributed by atoms with Crippen molar-refractivity contribution >= 4 is 65.9 Å². The average molecular weight is 706 g/mol. The van der Waals surface area contributed by atoms with Gasteiger partial charge in [0.1, 0.15) is 5.84 Å². The van der Waals surface area contributed by atoms with Crippen LogP contribution in [0.25, 0.3) is 71.2 Å². The monoisotopic (exact) mass is 705 g/mol. The van der Waals surface area contributed by atoms with Gasteiger partial charge in [0.25, 0.3) is 0 Å². The number of fused-ring (bicyclic) bond motifs is 11. The Hall–Kier alpha value is -6.71. The molecule has 10 aromatic rings. The normalized spacial score (nSPS) is 13.7. The SMILES string of the molecule is CC(=Nc1ccccc1Cc1cccc2c1C(C)(C)c1ccccc1-2)n1c2ccc(-n3c4ccccc4c4ccccc43)cc2c2c3ccccc3ccc21. The first-order valence-electron chi connectivity index (χ1n) is 19.3. The summed E-state index contributed by atoms with van der Waals surface area (Å²) >= 11 is 0. The first-order valence-corrected chi connectivity index (χ1v) is 19.3. The molecule has 0 aliphatic heterocycles. The lowest BCUT2D eigenvalue weighted by molar-refractivity contribution is 0.653. The molecule has 3 heteroatoms. The second kappa shape index (κ2) is 11.9. The van der Waals surface area contributed by atoms with E-state index in [0.29, 0.717) is 0 Å². The van der Waals surface area contributed by atoms with E-state index in [1.807, 2.05) is 0 Å². The topological polar surface area (TPSA) is 22.2 Å². The number of rotatable bonds is 4. The molecule has 0 radical (unpaired) electrons. The summed E-state index contributed by atoms with van der Waals surface area (Å²) in [5.41, 5.74) is 14.9. The van der Waals surface area contributed by atoms with E-state index in [1.54, 1.807) is 0 Å². The maximum atomic E-state index is 5.48. The molecule has 1 aliphatic carbocycles. The first-order chi connectivity index (χ1) is 27.0. The van der Waals surface area contributed by atoms with Gasteiger partial charge in [-0.3, -0.25) is 4.57 Å². The lowest BCUT2D eigenvalue weighted by Gasteiger charge is -2.24. The lowest BCUT2D eigenvalue weighted by atomic mass is 9.79. The van der Waals surface area contributed by atoms with Crippen molar-refractivity contribution < 1.29 is 0 Å². The number of nitrogens with zero attached hydrogens (tertiary/aromatic N) is 3. The molecule has 0 N–H and O–H groups in total. The second-order valence-corrected chi connectivity index (χ2v) is 15.6. The van der Waals surface area contributed by atoms with E-state index in [2.05, 4.69) is 200 Å². The number of hydrogen-bond acceptors (Lipinski definition) is 1. The van der Waals surface area contributed by atoms with E-state index < -0.39 is 0 Å². The van der Waals surface area contributed by atoms with Gasteiger partial charge in [0.2, 0.25) is 0 Å². The van der Waals surface area contributed by atoms with Crippen LogP contribution in [0.1, 0.15) is 43.0 Å². The van der Waals surface area contributed by atoms with Crippen molar-refractivity contribution in [1.82, 2.24) is 9.13 Å². The fourth-order valence-corrected chi connectivity index (χ4v) is 9.77. The Morgan fingerprint density at radius 2 is 1.16 bits per heavy atom. The van der Waals surface area contributed by atoms with Crippen LogP contribution in [0.4, 0.5) is 5.69 Å². The van der Waals surface area contributed by atoms with Gasteiger partial charge in [-0.05, 0) is 100.0 Å². The van der Waals surface area contributed by atoms with Gasteiger partial charge < -0.3 is 4.57 Å². The second-order valence-electron chi connectivity index (χ2n) is 15.6. The van der Waals surface area contributed by atoms with Crippen molar-refractivity contribution in [2.24, 2.45) is 4.99 Å². The molecule has 0 amide bonds. The van der Waals surface area contributed by atoms with Crippen molar-refractivity contribution in [3.05, 3.63) is 192 Å². The van der Waals surface area contributed by atoms with Gasteiger partial charge >= 0.3 is 0 Å². The van der Waals surface area contributed by atoms with Crippen LogP contribution >= 0.6 is 0 Å². The van der Waals surface area contributed by atoms with Crippen LogP contribution < -0.4 is 0 Å². The Morgan fingerprint density at radius 3 is 1.98 bits per heavy atom. The lowest BCUT2D eigenvalue weighted by Crippen LogP contribution is -2.17. The standard InChI is InChI=1S/C52H39N3/c1-33(53-45-24-11-5-16-35(45)31-36-17-14-22-42-39-19-7-10-23-44(39)52(2,3)51(36)42)54-48-30-28-37(32-43(48)50-38-18-6-4-15-34(38)27-29-49(50)54)55-46-25-12-8-20-40(46)41-21-9-13-26-47(41)55/h4-30,32H,31H2,1-3H3. The van der Waals surface area contributed by atoms with Gasteiger partial charge in [-0.15, -0.1) is 0 Å². The van der Waals surface area contributed by atoms with Gasteiger partial charge in [0.15, 0.2) is 0 Å². The Kier molecular flexibility index (Phi) is 6.88. The minimum Gasteiger partial charge on any atom is -0.309 e. The molecule has 0 atom stereocenters. The number of hydrogen-bond donors (Lipinski definition) is 0. The summed E-state index contributed by atoms with van der Waals surface area (Å²) in [4.78, 5) is 5.48. The molecule has 0 saturated heterocycles. The van der Waals surface area contributed by atoms with Crippen molar-refractivity contribution in [3.63, 3.8) is 0 Å². The maximum Gasteiger partial charge on any atom is 0.111 e. The largest absolute Gasteiger partial charge is 0.309 e. The minimum atomic E-state index is -0.0690. The summed E-state index contributed by atoms with van der Waals surface area (Å²) in [7, 11) is 0. The fraction of sp³-hybridized carbons (Fsp3) is 0.0962. The average Bonchev–Trinajstić information content (AvgIpc) is 3.82. The van der Waals surface area contributed by atoms with Crippen molar-refractivity contribution in [2.75, 3.05) is 0 Å². The zero-order valence-electron chi connectivity index (χ0n) is 31.2. The van der Waals surface area contributed by atoms with Gasteiger partial charge in [0.05, 0.1) is 27.8 Å². The van der Waals surface area contributed by atoms with Gasteiger partial charge in [-0.25, -0.2) is 4.99 Å². The summed E-state index contributed by atoms with van der Waals surface area (Å²) < 4.78 is 4.78. The minimum absolute atomic E-state index is 0.0690. The van der Waals surface area contributed by atoms with E-state index in [-0.39, 0.29) is 5.41 Å². The molecule has 3 nitrogen and oxygen atoms in total. The van der Waals surface area contributed by atoms with Crippen LogP contribution in [0.2, 0.25) is 0 Å². The number of benzene rings is 8. The summed E-state index contributed by atoms with van der Waals surface area (Å²) in [6.45, 7) is 6.90. The summed E-state index contributed by atoms with van der Waals surface area (Å²) in [5, 5.41) is 7.48. The first kappa shape index (κ1) is 31.8. The van der Waals surface area contributed by atoms with Crippen molar-refractivity contribution in [1.29, 1.82) is 0 Å². The molecule has 1 aliphatic rings. The Labute approximate surface area is 320 Å². The molecule has 2 heterocycles. The molecule has 55 heavy (non-hydrogen) atoms. The Balaban J connectivity index is 1.09. The van der Waals surface area contributed by atoms with Crippen molar-refractivity contribution in [3.8, 4) is 16.8 Å². The highest BCUT2D eigenvalue weighted by molar-refractivity contribution is 6.24. The van der Waals surface area contributed by atoms with Gasteiger partial charge in [0, 0.05) is 32.6 Å². The highest BCUT2D eigenvalue weighted by atomic mass is 15.1. The summed E-state index contributed by atoms with van der Waals surface area (Å²) in [6.07, 6.45) is 0.813. The molecule has 0 fully saturated rings. The third-order valence-electron chi connectivity index (χ3n) is 12.1. The molecule has 11 rings (SSSR count). The Bertz CT molecular complexity index is 3170. The van der Waals surface area contributed by atoms with Crippen LogP contribution in [0.3, 0.4) is 0 Å². The third kappa shape index (κ3) is 4.66. The molecule has 2 aromatic heterocycles. The van der Waals surface area contributed by atoms with Crippen LogP contribution in [0, 0.1) is 0 Å². The molecular formula is C52H39N3. The maximum absolute atomic E-state index is 5.48.